The number of carbonyl (C=O) groups excluding carboxylic acids is 1. The zero-order valence-corrected chi connectivity index (χ0v) is 17.9. The minimum atomic E-state index is -1.10. The number of carbonyl (C=O) groups is 1. The molecule has 0 spiro atoms. The van der Waals surface area contributed by atoms with Crippen molar-refractivity contribution in [3.8, 4) is 17.2 Å². The van der Waals surface area contributed by atoms with Gasteiger partial charge in [-0.1, -0.05) is 23.7 Å². The third-order valence-corrected chi connectivity index (χ3v) is 6.17. The van der Waals surface area contributed by atoms with E-state index < -0.39 is 12.2 Å². The minimum absolute atomic E-state index is 0.0918. The number of amides is 1. The Morgan fingerprint density at radius 3 is 2.61 bits per heavy atom. The van der Waals surface area contributed by atoms with E-state index >= 15 is 0 Å². The molecule has 2 saturated heterocycles. The van der Waals surface area contributed by atoms with Crippen molar-refractivity contribution >= 4 is 28.9 Å². The molecule has 8 heteroatoms. The highest BCUT2D eigenvalue weighted by atomic mass is 35.5. The molecule has 31 heavy (non-hydrogen) atoms. The largest absolute Gasteiger partial charge is 0.369 e. The number of nitrogens with one attached hydrogen (secondary N) is 2. The minimum Gasteiger partial charge on any atom is -0.369 e. The van der Waals surface area contributed by atoms with Crippen molar-refractivity contribution in [2.45, 2.75) is 18.6 Å². The van der Waals surface area contributed by atoms with Crippen LogP contribution in [0.25, 0.3) is 11.1 Å². The molecular weight excluding hydrogens is 417 g/mol. The van der Waals surface area contributed by atoms with Gasteiger partial charge in [-0.05, 0) is 35.9 Å². The van der Waals surface area contributed by atoms with Crippen LogP contribution in [0.1, 0.15) is 6.42 Å². The van der Waals surface area contributed by atoms with Gasteiger partial charge in [0.2, 0.25) is 5.91 Å². The van der Waals surface area contributed by atoms with Gasteiger partial charge in [0.05, 0.1) is 12.6 Å². The van der Waals surface area contributed by atoms with E-state index in [1.165, 1.54) is 5.69 Å². The van der Waals surface area contributed by atoms with Crippen LogP contribution in [0.15, 0.2) is 42.5 Å². The molecule has 2 N–H and O–H groups in total. The lowest BCUT2D eigenvalue weighted by Crippen LogP contribution is -2.43. The molecule has 0 aliphatic carbocycles. The first kappa shape index (κ1) is 21.4. The lowest BCUT2D eigenvalue weighted by molar-refractivity contribution is -0.122. The third-order valence-electron chi connectivity index (χ3n) is 5.84. The van der Waals surface area contributed by atoms with Gasteiger partial charge in [-0.15, -0.1) is 0 Å². The Kier molecular flexibility index (Phi) is 6.59. The maximum Gasteiger partial charge on any atom is 0.243 e. The van der Waals surface area contributed by atoms with Crippen molar-refractivity contribution in [3.63, 3.8) is 0 Å². The van der Waals surface area contributed by atoms with E-state index in [0.29, 0.717) is 5.02 Å². The van der Waals surface area contributed by atoms with Crippen molar-refractivity contribution < 1.29 is 9.18 Å². The second-order valence-corrected chi connectivity index (χ2v) is 8.23. The smallest absolute Gasteiger partial charge is 0.243 e. The lowest BCUT2D eigenvalue weighted by atomic mass is 10.0. The highest BCUT2D eigenvalue weighted by Gasteiger charge is 2.37. The molecule has 4 rings (SSSR count). The number of nitriles is 1. The monoisotopic (exact) mass is 441 g/mol. The number of hydrogen-bond acceptors (Lipinski definition) is 5. The summed E-state index contributed by atoms with van der Waals surface area (Å²) in [4.78, 5) is 16.5. The average Bonchev–Trinajstić information content (AvgIpc) is 3.20. The molecule has 2 aromatic carbocycles. The predicted molar refractivity (Wildman–Crippen MR) is 121 cm³/mol. The number of nitrogens with zero attached hydrogens (tertiary/aromatic N) is 3. The Morgan fingerprint density at radius 2 is 1.90 bits per heavy atom. The van der Waals surface area contributed by atoms with Gasteiger partial charge in [-0.3, -0.25) is 4.79 Å². The second-order valence-electron chi connectivity index (χ2n) is 7.83. The average molecular weight is 442 g/mol. The molecule has 0 aromatic heterocycles. The highest BCUT2D eigenvalue weighted by Crippen LogP contribution is 2.36. The fourth-order valence-corrected chi connectivity index (χ4v) is 4.48. The van der Waals surface area contributed by atoms with Crippen molar-refractivity contribution in [1.29, 1.82) is 5.26 Å². The van der Waals surface area contributed by atoms with Crippen molar-refractivity contribution in [2.24, 2.45) is 0 Å². The molecule has 2 atom stereocenters. The van der Waals surface area contributed by atoms with Gasteiger partial charge in [0.15, 0.2) is 0 Å². The van der Waals surface area contributed by atoms with Gasteiger partial charge >= 0.3 is 0 Å². The number of benzene rings is 2. The fraction of sp³-hybridized carbons (Fsp3) is 0.391. The first-order valence-electron chi connectivity index (χ1n) is 10.5. The number of piperazine rings is 1. The van der Waals surface area contributed by atoms with Crippen LogP contribution in [0.3, 0.4) is 0 Å². The molecule has 0 unspecified atom stereocenters. The van der Waals surface area contributed by atoms with Crippen LogP contribution in [0.2, 0.25) is 5.02 Å². The Labute approximate surface area is 186 Å². The van der Waals surface area contributed by atoms with Gasteiger partial charge < -0.3 is 20.4 Å². The highest BCUT2D eigenvalue weighted by molar-refractivity contribution is 6.33. The first-order valence-corrected chi connectivity index (χ1v) is 10.9. The quantitative estimate of drug-likeness (QED) is 0.698. The van der Waals surface area contributed by atoms with Crippen LogP contribution < -0.4 is 20.4 Å². The maximum atomic E-state index is 14.2. The first-order chi connectivity index (χ1) is 15.1. The van der Waals surface area contributed by atoms with Crippen LogP contribution >= 0.6 is 11.6 Å². The van der Waals surface area contributed by atoms with E-state index in [2.05, 4.69) is 27.7 Å². The zero-order chi connectivity index (χ0) is 21.8. The van der Waals surface area contributed by atoms with Crippen LogP contribution in [0, 0.1) is 11.3 Å². The molecule has 2 aliphatic heterocycles. The molecule has 6 nitrogen and oxygen atoms in total. The van der Waals surface area contributed by atoms with Gasteiger partial charge in [0.1, 0.15) is 18.8 Å². The number of alkyl halides is 1. The fourth-order valence-electron chi connectivity index (χ4n) is 4.25. The van der Waals surface area contributed by atoms with E-state index in [9.17, 15) is 9.18 Å². The molecule has 162 valence electrons. The molecule has 1 amide bonds. The van der Waals surface area contributed by atoms with E-state index in [1.54, 1.807) is 11.0 Å². The zero-order valence-electron chi connectivity index (χ0n) is 17.2. The van der Waals surface area contributed by atoms with Crippen LogP contribution in [-0.2, 0) is 4.79 Å². The van der Waals surface area contributed by atoms with E-state index in [1.807, 2.05) is 30.3 Å². The standard InChI is InChI=1S/C23H25ClFN5O/c24-21-6-5-19(30-15-17(25)13-22(30)23(31)28-8-7-26)14-20(21)16-1-3-18(4-2-16)29-11-9-27-10-12-29/h1-6,14,17,22,27H,8-13,15H2,(H,28,31)/t17-,22+/m1/s1. The molecular formula is C23H25ClFN5O. The molecule has 0 bridgehead atoms. The van der Waals surface area contributed by atoms with Gasteiger partial charge in [0.25, 0.3) is 0 Å². The van der Waals surface area contributed by atoms with Crippen LogP contribution in [0.5, 0.6) is 0 Å². The molecule has 2 aliphatic rings. The van der Waals surface area contributed by atoms with Gasteiger partial charge in [-0.2, -0.15) is 5.26 Å². The number of rotatable bonds is 5. The normalized spacial score (nSPS) is 21.1. The van der Waals surface area contributed by atoms with E-state index in [-0.39, 0.29) is 25.4 Å². The Morgan fingerprint density at radius 1 is 1.19 bits per heavy atom. The van der Waals surface area contributed by atoms with Gasteiger partial charge in [0, 0.05) is 54.6 Å². The summed E-state index contributed by atoms with van der Waals surface area (Å²) >= 11 is 6.50. The number of halogens is 2. The van der Waals surface area contributed by atoms with Crippen molar-refractivity contribution in [2.75, 3.05) is 49.1 Å². The number of anilines is 2. The summed E-state index contributed by atoms with van der Waals surface area (Å²) in [5, 5.41) is 15.2. The molecule has 2 fully saturated rings. The summed E-state index contributed by atoms with van der Waals surface area (Å²) in [6.45, 7) is 3.95. The third kappa shape index (κ3) is 4.76. The van der Waals surface area contributed by atoms with Crippen LogP contribution in [-0.4, -0.2) is 57.4 Å². The summed E-state index contributed by atoms with van der Waals surface area (Å²) in [6.07, 6.45) is -0.996. The Bertz CT molecular complexity index is 971. The number of hydrogen-bond donors (Lipinski definition) is 2. The second kappa shape index (κ2) is 9.54. The predicted octanol–water partition coefficient (Wildman–Crippen LogP) is 2.97. The molecule has 0 saturated carbocycles. The molecule has 2 aromatic rings. The summed E-state index contributed by atoms with van der Waals surface area (Å²) in [5.74, 6) is -0.335. The van der Waals surface area contributed by atoms with Crippen molar-refractivity contribution in [3.05, 3.63) is 47.5 Å². The summed E-state index contributed by atoms with van der Waals surface area (Å²) in [7, 11) is 0. The summed E-state index contributed by atoms with van der Waals surface area (Å²) in [5.41, 5.74) is 3.71. The van der Waals surface area contributed by atoms with Crippen LogP contribution in [0.4, 0.5) is 15.8 Å². The molecule has 0 radical (unpaired) electrons. The summed E-state index contributed by atoms with van der Waals surface area (Å²) < 4.78 is 14.2. The lowest BCUT2D eigenvalue weighted by Gasteiger charge is -2.29. The SMILES string of the molecule is N#CCNC(=O)[C@@H]1C[C@@H](F)CN1c1ccc(Cl)c(-c2ccc(N3CCNCC3)cc2)c1. The molecule has 2 heterocycles. The van der Waals surface area contributed by atoms with Crippen molar-refractivity contribution in [1.82, 2.24) is 10.6 Å². The Hall–Kier alpha value is -2.82. The Balaban J connectivity index is 1.58. The van der Waals surface area contributed by atoms with E-state index in [0.717, 1.165) is 43.0 Å². The topological polar surface area (TPSA) is 71.4 Å². The summed E-state index contributed by atoms with van der Waals surface area (Å²) in [6, 6.07) is 15.0. The van der Waals surface area contributed by atoms with Gasteiger partial charge in [-0.25, -0.2) is 4.39 Å². The van der Waals surface area contributed by atoms with E-state index in [4.69, 9.17) is 16.9 Å². The maximum absolute atomic E-state index is 14.2.